The lowest BCUT2D eigenvalue weighted by Crippen LogP contribution is -2.31. The summed E-state index contributed by atoms with van der Waals surface area (Å²) in [6.07, 6.45) is 0. The summed E-state index contributed by atoms with van der Waals surface area (Å²) in [5.74, 6) is 0.866. The van der Waals surface area contributed by atoms with Gasteiger partial charge in [0.05, 0.1) is 13.2 Å². The first-order valence-electron chi connectivity index (χ1n) is 7.69. The molecule has 0 bridgehead atoms. The van der Waals surface area contributed by atoms with E-state index in [-0.39, 0.29) is 6.04 Å². The smallest absolute Gasteiger partial charge is 0.171 e. The van der Waals surface area contributed by atoms with E-state index in [4.69, 9.17) is 17.0 Å². The molecular weight excluding hydrogens is 304 g/mol. The summed E-state index contributed by atoms with van der Waals surface area (Å²) < 4.78 is 5.45. The maximum atomic E-state index is 5.45. The van der Waals surface area contributed by atoms with Gasteiger partial charge >= 0.3 is 0 Å². The molecule has 0 fully saturated rings. The van der Waals surface area contributed by atoms with Gasteiger partial charge in [-0.25, -0.2) is 0 Å². The molecule has 2 aromatic carbocycles. The van der Waals surface area contributed by atoms with Crippen LogP contribution in [0.5, 0.6) is 5.75 Å². The van der Waals surface area contributed by atoms with E-state index >= 15 is 0 Å². The Hall–Kier alpha value is -2.07. The third-order valence-electron chi connectivity index (χ3n) is 3.68. The molecule has 23 heavy (non-hydrogen) atoms. The van der Waals surface area contributed by atoms with E-state index < -0.39 is 0 Å². The fraction of sp³-hybridized carbons (Fsp3) is 0.316. The molecule has 0 radical (unpaired) electrons. The lowest BCUT2D eigenvalue weighted by atomic mass is 10.0. The first kappa shape index (κ1) is 17.3. The third-order valence-corrected chi connectivity index (χ3v) is 3.90. The van der Waals surface area contributed by atoms with E-state index in [1.54, 1.807) is 7.11 Å². The van der Waals surface area contributed by atoms with Gasteiger partial charge < -0.3 is 15.4 Å². The second-order valence-corrected chi connectivity index (χ2v) is 6.35. The van der Waals surface area contributed by atoms with Crippen molar-refractivity contribution < 1.29 is 4.74 Å². The van der Waals surface area contributed by atoms with Crippen LogP contribution in [-0.4, -0.2) is 12.2 Å². The van der Waals surface area contributed by atoms with Gasteiger partial charge in [-0.3, -0.25) is 0 Å². The van der Waals surface area contributed by atoms with Crippen molar-refractivity contribution in [1.82, 2.24) is 5.32 Å². The molecule has 1 atom stereocenters. The molecular formula is C19H24N2OS. The van der Waals surface area contributed by atoms with Gasteiger partial charge in [0.1, 0.15) is 5.75 Å². The highest BCUT2D eigenvalue weighted by Crippen LogP contribution is 2.26. The average Bonchev–Trinajstić information content (AvgIpc) is 2.45. The Morgan fingerprint density at radius 2 is 1.65 bits per heavy atom. The van der Waals surface area contributed by atoms with Gasteiger partial charge in [-0.2, -0.15) is 0 Å². The number of thiocarbonyl (C=S) groups is 1. The van der Waals surface area contributed by atoms with Crippen molar-refractivity contribution in [3.05, 3.63) is 58.7 Å². The standard InChI is InChI=1S/C19H24N2OS/c1-12-6-7-18(22-5)17(11-12)15(4)20-19(23)21-16-9-13(2)8-14(3)10-16/h6-11,15H,1-5H3,(H2,20,21,23)/t15-/m1/s1. The van der Waals surface area contributed by atoms with Crippen LogP contribution in [0.25, 0.3) is 0 Å². The van der Waals surface area contributed by atoms with Crippen molar-refractivity contribution in [2.45, 2.75) is 33.7 Å². The van der Waals surface area contributed by atoms with Gasteiger partial charge in [-0.05, 0) is 69.2 Å². The molecule has 0 aliphatic heterocycles. The summed E-state index contributed by atoms with van der Waals surface area (Å²) in [6.45, 7) is 8.30. The molecule has 122 valence electrons. The van der Waals surface area contributed by atoms with Gasteiger partial charge in [0, 0.05) is 11.3 Å². The summed E-state index contributed by atoms with van der Waals surface area (Å²) in [7, 11) is 1.69. The summed E-state index contributed by atoms with van der Waals surface area (Å²) >= 11 is 5.45. The average molecular weight is 328 g/mol. The lowest BCUT2D eigenvalue weighted by molar-refractivity contribution is 0.405. The monoisotopic (exact) mass is 328 g/mol. The van der Waals surface area contributed by atoms with Crippen molar-refractivity contribution in [3.63, 3.8) is 0 Å². The van der Waals surface area contributed by atoms with Gasteiger partial charge in [-0.15, -0.1) is 0 Å². The van der Waals surface area contributed by atoms with E-state index in [1.807, 2.05) is 12.1 Å². The van der Waals surface area contributed by atoms with Gasteiger partial charge in [0.25, 0.3) is 0 Å². The number of hydrogen-bond donors (Lipinski definition) is 2. The minimum Gasteiger partial charge on any atom is -0.496 e. The minimum absolute atomic E-state index is 0.0516. The zero-order valence-electron chi connectivity index (χ0n) is 14.4. The molecule has 0 aliphatic rings. The predicted molar refractivity (Wildman–Crippen MR) is 101 cm³/mol. The molecule has 4 heteroatoms. The number of anilines is 1. The van der Waals surface area contributed by atoms with E-state index in [0.717, 1.165) is 17.0 Å². The largest absolute Gasteiger partial charge is 0.496 e. The SMILES string of the molecule is COc1ccc(C)cc1[C@@H](C)NC(=S)Nc1cc(C)cc(C)c1. The second-order valence-electron chi connectivity index (χ2n) is 5.94. The van der Waals surface area contributed by atoms with Crippen LogP contribution in [0.15, 0.2) is 36.4 Å². The first-order chi connectivity index (χ1) is 10.9. The van der Waals surface area contributed by atoms with Crippen LogP contribution in [0, 0.1) is 20.8 Å². The van der Waals surface area contributed by atoms with E-state index in [9.17, 15) is 0 Å². The molecule has 0 aliphatic carbocycles. The van der Waals surface area contributed by atoms with Crippen LogP contribution in [0.3, 0.4) is 0 Å². The Kier molecular flexibility index (Phi) is 5.61. The number of rotatable bonds is 4. The molecule has 0 saturated heterocycles. The maximum Gasteiger partial charge on any atom is 0.171 e. The van der Waals surface area contributed by atoms with Gasteiger partial charge in [0.15, 0.2) is 5.11 Å². The van der Waals surface area contributed by atoms with Crippen molar-refractivity contribution in [3.8, 4) is 5.75 Å². The highest BCUT2D eigenvalue weighted by atomic mass is 32.1. The van der Waals surface area contributed by atoms with Crippen LogP contribution in [0.4, 0.5) is 5.69 Å². The van der Waals surface area contributed by atoms with Crippen LogP contribution in [0.2, 0.25) is 0 Å². The Morgan fingerprint density at radius 1 is 1.00 bits per heavy atom. The number of aryl methyl sites for hydroxylation is 3. The molecule has 3 nitrogen and oxygen atoms in total. The van der Waals surface area contributed by atoms with Crippen LogP contribution < -0.4 is 15.4 Å². The van der Waals surface area contributed by atoms with Gasteiger partial charge in [0.2, 0.25) is 0 Å². The lowest BCUT2D eigenvalue weighted by Gasteiger charge is -2.20. The number of ether oxygens (including phenoxy) is 1. The summed E-state index contributed by atoms with van der Waals surface area (Å²) in [5, 5.41) is 7.18. The van der Waals surface area contributed by atoms with E-state index in [0.29, 0.717) is 5.11 Å². The zero-order valence-corrected chi connectivity index (χ0v) is 15.2. The summed E-state index contributed by atoms with van der Waals surface area (Å²) in [5.41, 5.74) is 5.72. The summed E-state index contributed by atoms with van der Waals surface area (Å²) in [4.78, 5) is 0. The molecule has 2 rings (SSSR count). The fourth-order valence-electron chi connectivity index (χ4n) is 2.68. The quantitative estimate of drug-likeness (QED) is 0.799. The number of hydrogen-bond acceptors (Lipinski definition) is 2. The topological polar surface area (TPSA) is 33.3 Å². The number of methoxy groups -OCH3 is 1. The highest BCUT2D eigenvalue weighted by molar-refractivity contribution is 7.80. The first-order valence-corrected chi connectivity index (χ1v) is 8.10. The third kappa shape index (κ3) is 4.70. The number of benzene rings is 2. The normalized spacial score (nSPS) is 11.7. The highest BCUT2D eigenvalue weighted by Gasteiger charge is 2.13. The zero-order chi connectivity index (χ0) is 17.0. The molecule has 0 spiro atoms. The Labute approximate surface area is 144 Å². The van der Waals surface area contributed by atoms with Crippen LogP contribution in [-0.2, 0) is 0 Å². The molecule has 2 N–H and O–H groups in total. The van der Waals surface area contributed by atoms with Crippen LogP contribution >= 0.6 is 12.2 Å². The van der Waals surface area contributed by atoms with Crippen molar-refractivity contribution in [2.75, 3.05) is 12.4 Å². The fourth-order valence-corrected chi connectivity index (χ4v) is 2.98. The van der Waals surface area contributed by atoms with Crippen molar-refractivity contribution in [1.29, 1.82) is 0 Å². The Bertz CT molecular complexity index is 692. The summed E-state index contributed by atoms with van der Waals surface area (Å²) in [6, 6.07) is 12.5. The van der Waals surface area contributed by atoms with Crippen molar-refractivity contribution in [2.24, 2.45) is 0 Å². The molecule has 0 heterocycles. The van der Waals surface area contributed by atoms with Crippen molar-refractivity contribution >= 4 is 23.0 Å². The molecule has 0 aromatic heterocycles. The molecule has 0 unspecified atom stereocenters. The molecule has 0 saturated carbocycles. The Morgan fingerprint density at radius 3 is 2.26 bits per heavy atom. The Balaban J connectivity index is 2.09. The molecule has 0 amide bonds. The van der Waals surface area contributed by atoms with Crippen LogP contribution in [0.1, 0.15) is 35.2 Å². The maximum absolute atomic E-state index is 5.45. The molecule has 2 aromatic rings. The van der Waals surface area contributed by atoms with E-state index in [1.165, 1.54) is 16.7 Å². The second kappa shape index (κ2) is 7.47. The number of nitrogens with one attached hydrogen (secondary N) is 2. The van der Waals surface area contributed by atoms with Gasteiger partial charge in [-0.1, -0.05) is 23.8 Å². The van der Waals surface area contributed by atoms with E-state index in [2.05, 4.69) is 62.6 Å². The minimum atomic E-state index is 0.0516. The predicted octanol–water partition coefficient (Wildman–Crippen LogP) is 4.67.